The minimum atomic E-state index is -1.88. The summed E-state index contributed by atoms with van der Waals surface area (Å²) in [6, 6.07) is 17.5. The average molecular weight is 907 g/mol. The van der Waals surface area contributed by atoms with E-state index in [9.17, 15) is 15.8 Å². The molecule has 0 radical (unpaired) electrons. The Labute approximate surface area is 388 Å². The Morgan fingerprint density at radius 1 is 0.762 bits per heavy atom. The van der Waals surface area contributed by atoms with Crippen LogP contribution in [0.1, 0.15) is 153 Å². The highest BCUT2D eigenvalue weighted by Gasteiger charge is 2.46. The van der Waals surface area contributed by atoms with E-state index < -0.39 is 22.2 Å². The monoisotopic (exact) mass is 907 g/mol. The molecule has 2 heterocycles. The number of allylic oxidation sites excluding steroid dienone is 2. The summed E-state index contributed by atoms with van der Waals surface area (Å²) in [7, 11) is -3.75. The summed E-state index contributed by atoms with van der Waals surface area (Å²) < 4.78 is 19.7. The Bertz CT molecular complexity index is 2010. The van der Waals surface area contributed by atoms with Gasteiger partial charge in [-0.15, -0.1) is 11.3 Å². The van der Waals surface area contributed by atoms with Crippen molar-refractivity contribution in [2.24, 2.45) is 0 Å². The molecule has 1 aliphatic heterocycles. The lowest BCUT2D eigenvalue weighted by atomic mass is 9.78. The van der Waals surface area contributed by atoms with Crippen molar-refractivity contribution in [2.75, 3.05) is 31.2 Å². The number of hydrogen-bond donors (Lipinski definition) is 0. The third kappa shape index (κ3) is 14.4. The molecule has 7 nitrogen and oxygen atoms in total. The van der Waals surface area contributed by atoms with Gasteiger partial charge in [0.2, 0.25) is 0 Å². The van der Waals surface area contributed by atoms with Crippen LogP contribution in [0.2, 0.25) is 36.3 Å². The van der Waals surface area contributed by atoms with Crippen molar-refractivity contribution in [3.8, 4) is 18.2 Å². The first kappa shape index (κ1) is 51.9. The molecule has 1 aromatic carbocycles. The quantitative estimate of drug-likeness (QED) is 0.0658. The average Bonchev–Trinajstić information content (AvgIpc) is 3.76. The summed E-state index contributed by atoms with van der Waals surface area (Å²) in [5, 5.41) is 30.1. The summed E-state index contributed by atoms with van der Waals surface area (Å²) in [6.07, 6.45) is 24.5. The van der Waals surface area contributed by atoms with Gasteiger partial charge in [0.15, 0.2) is 28.0 Å². The lowest BCUT2D eigenvalue weighted by Gasteiger charge is -2.38. The molecule has 1 spiro atoms. The maximum absolute atomic E-state index is 10.3. The van der Waals surface area contributed by atoms with E-state index >= 15 is 0 Å². The molecule has 342 valence electrons. The zero-order valence-electron chi connectivity index (χ0n) is 40.8. The molecule has 10 heteroatoms. The van der Waals surface area contributed by atoms with Gasteiger partial charge in [-0.2, -0.15) is 15.8 Å². The number of aryl methyl sites for hydroxylation is 1. The number of anilines is 1. The second kappa shape index (κ2) is 23.5. The zero-order chi connectivity index (χ0) is 46.3. The van der Waals surface area contributed by atoms with Crippen LogP contribution in [0.4, 0.5) is 5.69 Å². The molecule has 0 N–H and O–H groups in total. The van der Waals surface area contributed by atoms with Crippen molar-refractivity contribution in [3.05, 3.63) is 79.8 Å². The normalized spacial score (nSPS) is 15.8. The van der Waals surface area contributed by atoms with E-state index in [-0.39, 0.29) is 21.4 Å². The number of nitriles is 3. The molecule has 0 bridgehead atoms. The SMILES string of the molecule is CCCCCCCCCCc1cc(/C=C/C2=C(C#N)C(=C(C#N)C#N)OC23CCCCC3)sc1/C=C/c1ccc(N(CCO[Si](C)(C)C(C)(C)C)CCO[Si](C)(C)C(C)(C)C)cc1. The van der Waals surface area contributed by atoms with Crippen molar-refractivity contribution >= 4 is 51.9 Å². The Morgan fingerprint density at radius 3 is 1.84 bits per heavy atom. The van der Waals surface area contributed by atoms with Gasteiger partial charge in [0.1, 0.15) is 29.4 Å². The topological polar surface area (TPSA) is 102 Å². The molecule has 0 saturated heterocycles. The Kier molecular flexibility index (Phi) is 19.4. The van der Waals surface area contributed by atoms with Crippen LogP contribution in [0.15, 0.2) is 58.9 Å². The summed E-state index contributed by atoms with van der Waals surface area (Å²) in [5.74, 6) is 0.141. The first-order valence-electron chi connectivity index (χ1n) is 23.8. The first-order chi connectivity index (χ1) is 29.8. The number of ether oxygens (including phenoxy) is 1. The highest BCUT2D eigenvalue weighted by molar-refractivity contribution is 7.14. The number of benzene rings is 1. The van der Waals surface area contributed by atoms with Crippen LogP contribution in [0.5, 0.6) is 0 Å². The molecule has 1 aromatic heterocycles. The molecule has 0 unspecified atom stereocenters. The fourth-order valence-electron chi connectivity index (χ4n) is 7.89. The van der Waals surface area contributed by atoms with E-state index in [2.05, 4.69) is 134 Å². The highest BCUT2D eigenvalue weighted by Crippen LogP contribution is 2.49. The fraction of sp³-hybridized carbons (Fsp3) is 0.604. The van der Waals surface area contributed by atoms with E-state index in [0.717, 1.165) is 74.0 Å². The second-order valence-electron chi connectivity index (χ2n) is 20.7. The Hall–Kier alpha value is -3.70. The largest absolute Gasteiger partial charge is 0.479 e. The van der Waals surface area contributed by atoms with Crippen LogP contribution in [0.3, 0.4) is 0 Å². The maximum Gasteiger partial charge on any atom is 0.192 e. The van der Waals surface area contributed by atoms with Crippen LogP contribution in [-0.2, 0) is 20.0 Å². The van der Waals surface area contributed by atoms with Crippen molar-refractivity contribution in [3.63, 3.8) is 0 Å². The maximum atomic E-state index is 10.3. The van der Waals surface area contributed by atoms with Gasteiger partial charge in [-0.3, -0.25) is 0 Å². The summed E-state index contributed by atoms with van der Waals surface area (Å²) >= 11 is 1.77. The Balaban J connectivity index is 1.60. The van der Waals surface area contributed by atoms with Crippen molar-refractivity contribution < 1.29 is 13.6 Å². The standard InChI is InChI=1S/C53H78N4O3SSi2/c1-12-13-14-15-16-17-18-20-23-43-38-46(29-30-48-47(41-56)50(44(39-54)40-55)60-53(48)32-21-19-22-33-53)61-49(43)31-26-42-24-27-45(28-25-42)57(34-36-58-62(8,9)51(2,3)4)35-37-59-63(10,11)52(5,6)7/h24-31,38H,12-23,32-37H2,1-11H3/b30-29+,31-26+. The van der Waals surface area contributed by atoms with Gasteiger partial charge in [-0.05, 0) is 116 Å². The molecule has 0 amide bonds. The van der Waals surface area contributed by atoms with Crippen molar-refractivity contribution in [1.29, 1.82) is 15.8 Å². The molecule has 2 aromatic rings. The van der Waals surface area contributed by atoms with Crippen LogP contribution < -0.4 is 4.90 Å². The van der Waals surface area contributed by atoms with Crippen LogP contribution in [0, 0.1) is 34.0 Å². The second-order valence-corrected chi connectivity index (χ2v) is 31.4. The number of thiophene rings is 1. The molecule has 2 aliphatic rings. The number of hydrogen-bond acceptors (Lipinski definition) is 8. The van der Waals surface area contributed by atoms with Gasteiger partial charge in [0.05, 0.1) is 13.2 Å². The fourth-order valence-corrected chi connectivity index (χ4v) is 11.0. The van der Waals surface area contributed by atoms with Gasteiger partial charge in [0, 0.05) is 34.1 Å². The third-order valence-corrected chi connectivity index (χ3v) is 24.2. The van der Waals surface area contributed by atoms with Gasteiger partial charge in [-0.25, -0.2) is 0 Å². The molecule has 0 atom stereocenters. The van der Waals surface area contributed by atoms with E-state index in [0.29, 0.717) is 18.8 Å². The predicted octanol–water partition coefficient (Wildman–Crippen LogP) is 15.3. The molecule has 1 saturated carbocycles. The van der Waals surface area contributed by atoms with Crippen LogP contribution in [0.25, 0.3) is 18.2 Å². The highest BCUT2D eigenvalue weighted by atomic mass is 32.1. The smallest absolute Gasteiger partial charge is 0.192 e. The van der Waals surface area contributed by atoms with Crippen molar-refractivity contribution in [1.82, 2.24) is 0 Å². The van der Waals surface area contributed by atoms with E-state index in [1.54, 1.807) is 11.3 Å². The minimum Gasteiger partial charge on any atom is -0.479 e. The van der Waals surface area contributed by atoms with Crippen LogP contribution >= 0.6 is 11.3 Å². The van der Waals surface area contributed by atoms with Gasteiger partial charge < -0.3 is 18.5 Å². The number of nitrogens with zero attached hydrogens (tertiary/aromatic N) is 4. The van der Waals surface area contributed by atoms with Crippen molar-refractivity contribution in [2.45, 2.75) is 180 Å². The van der Waals surface area contributed by atoms with Gasteiger partial charge in [0.25, 0.3) is 0 Å². The number of unbranched alkanes of at least 4 members (excludes halogenated alkanes) is 7. The third-order valence-electron chi connectivity index (χ3n) is 14.0. The van der Waals surface area contributed by atoms with E-state index in [1.165, 1.54) is 61.1 Å². The Morgan fingerprint density at radius 2 is 1.32 bits per heavy atom. The zero-order valence-corrected chi connectivity index (χ0v) is 43.7. The molecule has 1 aliphatic carbocycles. The van der Waals surface area contributed by atoms with Gasteiger partial charge in [-0.1, -0.05) is 124 Å². The lowest BCUT2D eigenvalue weighted by Crippen LogP contribution is -2.44. The van der Waals surface area contributed by atoms with E-state index in [4.69, 9.17) is 13.6 Å². The molecule has 1 fully saturated rings. The lowest BCUT2D eigenvalue weighted by molar-refractivity contribution is 0.0258. The molecular weight excluding hydrogens is 829 g/mol. The van der Waals surface area contributed by atoms with E-state index in [1.807, 2.05) is 18.2 Å². The van der Waals surface area contributed by atoms with Gasteiger partial charge >= 0.3 is 0 Å². The minimum absolute atomic E-state index is 0.136. The van der Waals surface area contributed by atoms with Crippen LogP contribution in [-0.4, -0.2) is 48.5 Å². The number of rotatable bonds is 22. The molecular formula is C53H78N4O3SSi2. The first-order valence-corrected chi connectivity index (χ1v) is 30.4. The summed E-state index contributed by atoms with van der Waals surface area (Å²) in [6.45, 7) is 28.3. The summed E-state index contributed by atoms with van der Waals surface area (Å²) in [5.41, 5.74) is 3.97. The summed E-state index contributed by atoms with van der Waals surface area (Å²) in [4.78, 5) is 4.78. The molecule has 63 heavy (non-hydrogen) atoms. The predicted molar refractivity (Wildman–Crippen MR) is 271 cm³/mol. The molecule has 4 rings (SSSR count).